The van der Waals surface area contributed by atoms with Crippen molar-refractivity contribution in [1.29, 1.82) is 0 Å². The van der Waals surface area contributed by atoms with Crippen molar-refractivity contribution in [3.8, 4) is 28.4 Å². The number of halogens is 2. The van der Waals surface area contributed by atoms with Crippen molar-refractivity contribution in [3.05, 3.63) is 101 Å². The normalized spacial score (nSPS) is 12.3. The van der Waals surface area contributed by atoms with Gasteiger partial charge in [0.2, 0.25) is 9.84 Å². The Morgan fingerprint density at radius 1 is 0.628 bits per heavy atom. The lowest BCUT2D eigenvalue weighted by atomic mass is 9.99. The van der Waals surface area contributed by atoms with E-state index in [-0.39, 0.29) is 15.5 Å². The quantitative estimate of drug-likeness (QED) is 0.182. The Hall–Kier alpha value is -3.79. The average molecular weight is 611 g/mol. The molecular weight excluding hydrogens is 570 g/mol. The summed E-state index contributed by atoms with van der Waals surface area (Å²) in [5.74, 6) is -0.300. The molecule has 0 bridgehead atoms. The summed E-state index contributed by atoms with van der Waals surface area (Å²) in [7, 11) is 10.1. The molecule has 0 aliphatic heterocycles. The molecule has 0 aliphatic carbocycles. The van der Waals surface area contributed by atoms with E-state index in [2.05, 4.69) is 48.4 Å². The minimum absolute atomic E-state index is 0.112. The van der Waals surface area contributed by atoms with E-state index >= 15 is 4.39 Å². The molecule has 4 aromatic rings. The van der Waals surface area contributed by atoms with Gasteiger partial charge in [-0.1, -0.05) is 18.2 Å². The molecule has 0 amide bonds. The number of quaternary nitrogens is 2. The summed E-state index contributed by atoms with van der Waals surface area (Å²) in [6, 6.07) is 19.0. The van der Waals surface area contributed by atoms with Gasteiger partial charge in [-0.3, -0.25) is 0 Å². The van der Waals surface area contributed by atoms with Gasteiger partial charge in [0.25, 0.3) is 0 Å². The van der Waals surface area contributed by atoms with Crippen LogP contribution < -0.4 is 9.47 Å². The fraction of sp³-hybridized carbons (Fsp3) is 0.294. The zero-order valence-electron chi connectivity index (χ0n) is 26.0. The maximum atomic E-state index is 15.3. The third kappa shape index (κ3) is 7.79. The molecule has 0 N–H and O–H groups in total. The van der Waals surface area contributed by atoms with Crippen molar-refractivity contribution >= 4 is 9.84 Å². The van der Waals surface area contributed by atoms with E-state index in [4.69, 9.17) is 9.47 Å². The van der Waals surface area contributed by atoms with Crippen LogP contribution in [0.2, 0.25) is 0 Å². The van der Waals surface area contributed by atoms with E-state index in [0.29, 0.717) is 22.3 Å². The zero-order chi connectivity index (χ0) is 31.7. The van der Waals surface area contributed by atoms with Crippen molar-refractivity contribution in [2.45, 2.75) is 29.8 Å². The zero-order valence-corrected chi connectivity index (χ0v) is 26.9. The first-order valence-electron chi connectivity index (χ1n) is 13.9. The van der Waals surface area contributed by atoms with E-state index in [1.165, 1.54) is 31.2 Å². The number of aryl methyl sites for hydroxylation is 1. The first kappa shape index (κ1) is 32.1. The molecule has 9 heteroatoms. The van der Waals surface area contributed by atoms with Crippen molar-refractivity contribution < 1.29 is 35.6 Å². The van der Waals surface area contributed by atoms with Crippen molar-refractivity contribution in [2.24, 2.45) is 0 Å². The molecule has 228 valence electrons. The van der Waals surface area contributed by atoms with E-state index < -0.39 is 21.5 Å². The first-order chi connectivity index (χ1) is 20.0. The predicted molar refractivity (Wildman–Crippen MR) is 165 cm³/mol. The molecule has 0 unspecified atom stereocenters. The summed E-state index contributed by atoms with van der Waals surface area (Å²) in [6.07, 6.45) is 0. The van der Waals surface area contributed by atoms with Crippen LogP contribution >= 0.6 is 0 Å². The highest BCUT2D eigenvalue weighted by Crippen LogP contribution is 2.35. The van der Waals surface area contributed by atoms with Crippen LogP contribution in [0, 0.1) is 18.6 Å². The van der Waals surface area contributed by atoms with Crippen molar-refractivity contribution in [1.82, 2.24) is 0 Å². The number of benzene rings is 4. The fourth-order valence-electron chi connectivity index (χ4n) is 4.81. The molecule has 4 rings (SSSR count). The fourth-order valence-corrected chi connectivity index (χ4v) is 6.10. The number of nitrogens with zero attached hydrogens (tertiary/aromatic N) is 2. The summed E-state index contributed by atoms with van der Waals surface area (Å²) in [6.45, 7) is 2.92. The molecular formula is C34H40F2N2O4S+2. The number of hydrogen-bond donors (Lipinski definition) is 0. The number of methoxy groups -OCH3 is 1. The summed E-state index contributed by atoms with van der Waals surface area (Å²) >= 11 is 0. The minimum atomic E-state index is -4.13. The van der Waals surface area contributed by atoms with Gasteiger partial charge in [-0.25, -0.2) is 17.2 Å². The Balaban J connectivity index is 1.69. The first-order valence-corrected chi connectivity index (χ1v) is 15.3. The van der Waals surface area contributed by atoms with Crippen LogP contribution in [0.1, 0.15) is 16.7 Å². The van der Waals surface area contributed by atoms with Crippen LogP contribution in [0.25, 0.3) is 11.1 Å². The second-order valence-corrected chi connectivity index (χ2v) is 14.8. The Morgan fingerprint density at radius 3 is 1.58 bits per heavy atom. The van der Waals surface area contributed by atoms with Crippen LogP contribution in [-0.4, -0.2) is 66.8 Å². The molecule has 0 spiro atoms. The van der Waals surface area contributed by atoms with Crippen molar-refractivity contribution in [3.63, 3.8) is 0 Å². The van der Waals surface area contributed by atoms with Gasteiger partial charge < -0.3 is 18.4 Å². The number of rotatable bonds is 10. The highest BCUT2D eigenvalue weighted by atomic mass is 32.2. The average Bonchev–Trinajstić information content (AvgIpc) is 2.90. The van der Waals surface area contributed by atoms with E-state index in [9.17, 15) is 12.8 Å². The Kier molecular flexibility index (Phi) is 9.02. The largest absolute Gasteiger partial charge is 0.496 e. The minimum Gasteiger partial charge on any atom is -0.496 e. The van der Waals surface area contributed by atoms with Gasteiger partial charge in [0.15, 0.2) is 11.6 Å². The van der Waals surface area contributed by atoms with Crippen molar-refractivity contribution in [2.75, 3.05) is 49.4 Å². The second kappa shape index (κ2) is 12.1. The molecule has 6 nitrogen and oxygen atoms in total. The molecule has 0 atom stereocenters. The van der Waals surface area contributed by atoms with Crippen LogP contribution in [0.5, 0.6) is 17.2 Å². The monoisotopic (exact) mass is 610 g/mol. The maximum Gasteiger partial charge on any atom is 0.206 e. The molecule has 0 heterocycles. The van der Waals surface area contributed by atoms with Gasteiger partial charge in [-0.2, -0.15) is 0 Å². The highest BCUT2D eigenvalue weighted by molar-refractivity contribution is 7.91. The molecule has 0 fully saturated rings. The number of hydrogen-bond acceptors (Lipinski definition) is 4. The summed E-state index contributed by atoms with van der Waals surface area (Å²) in [5.41, 5.74) is 4.27. The summed E-state index contributed by atoms with van der Waals surface area (Å²) < 4.78 is 68.5. The van der Waals surface area contributed by atoms with E-state index in [0.717, 1.165) is 51.2 Å². The third-order valence-corrected chi connectivity index (χ3v) is 8.60. The second-order valence-electron chi connectivity index (χ2n) is 12.9. The lowest BCUT2D eigenvalue weighted by Gasteiger charge is -2.26. The third-order valence-electron chi connectivity index (χ3n) is 6.85. The van der Waals surface area contributed by atoms with Gasteiger partial charge in [-0.05, 0) is 78.2 Å². The number of sulfone groups is 1. The van der Waals surface area contributed by atoms with Gasteiger partial charge >= 0.3 is 0 Å². The standard InChI is InChI=1S/C34H40F2N2O4S/c1-23-9-12-28(19-30(23)35)43(39,40)29-13-16-34(31(36)20-29)42-33-15-11-25(18-27(33)22-38(5,6)7)24-10-14-32(41-8)26(17-24)21-37(2,3)4/h9-20H,21-22H2,1-8H3/q+2. The van der Waals surface area contributed by atoms with Crippen LogP contribution in [0.15, 0.2) is 82.6 Å². The Bertz CT molecular complexity index is 1760. The highest BCUT2D eigenvalue weighted by Gasteiger charge is 2.23. The molecule has 0 saturated carbocycles. The van der Waals surface area contributed by atoms with E-state index in [1.807, 2.05) is 30.3 Å². The lowest BCUT2D eigenvalue weighted by Crippen LogP contribution is -2.33. The van der Waals surface area contributed by atoms with Crippen LogP contribution in [0.3, 0.4) is 0 Å². The Labute approximate surface area is 253 Å². The van der Waals surface area contributed by atoms with Gasteiger partial charge in [0.05, 0.1) is 59.2 Å². The van der Waals surface area contributed by atoms with E-state index in [1.54, 1.807) is 7.11 Å². The smallest absolute Gasteiger partial charge is 0.206 e. The van der Waals surface area contributed by atoms with Gasteiger partial charge in [0.1, 0.15) is 30.4 Å². The molecule has 0 saturated heterocycles. The predicted octanol–water partition coefficient (Wildman–Crippen LogP) is 6.99. The molecule has 4 aromatic carbocycles. The molecule has 0 radical (unpaired) electrons. The molecule has 43 heavy (non-hydrogen) atoms. The summed E-state index contributed by atoms with van der Waals surface area (Å²) in [4.78, 5) is -0.528. The SMILES string of the molecule is COc1ccc(-c2ccc(Oc3ccc(S(=O)(=O)c4ccc(C)c(F)c4)cc3F)c(C[N+](C)(C)C)c2)cc1C[N+](C)(C)C. The molecule has 0 aliphatic rings. The van der Waals surface area contributed by atoms with Crippen LogP contribution in [-0.2, 0) is 22.9 Å². The topological polar surface area (TPSA) is 52.6 Å². The number of ether oxygens (including phenoxy) is 2. The Morgan fingerprint density at radius 2 is 1.09 bits per heavy atom. The summed E-state index contributed by atoms with van der Waals surface area (Å²) in [5, 5.41) is 0. The van der Waals surface area contributed by atoms with Gasteiger partial charge in [0, 0.05) is 11.1 Å². The maximum absolute atomic E-state index is 15.3. The molecule has 0 aromatic heterocycles. The van der Waals surface area contributed by atoms with Gasteiger partial charge in [-0.15, -0.1) is 0 Å². The van der Waals surface area contributed by atoms with Crippen LogP contribution in [0.4, 0.5) is 8.78 Å². The lowest BCUT2D eigenvalue weighted by molar-refractivity contribution is -0.884.